The van der Waals surface area contributed by atoms with E-state index in [0.29, 0.717) is 6.10 Å². The lowest BCUT2D eigenvalue weighted by molar-refractivity contribution is -0.0325. The van der Waals surface area contributed by atoms with Gasteiger partial charge in [0.15, 0.2) is 5.82 Å². The van der Waals surface area contributed by atoms with E-state index in [9.17, 15) is 0 Å². The fourth-order valence-corrected chi connectivity index (χ4v) is 2.75. The maximum Gasteiger partial charge on any atom is 0.159 e. The van der Waals surface area contributed by atoms with Crippen molar-refractivity contribution in [2.24, 2.45) is 0 Å². The van der Waals surface area contributed by atoms with Gasteiger partial charge < -0.3 is 9.47 Å². The molecular formula is C18H23N3O2. The van der Waals surface area contributed by atoms with Crippen molar-refractivity contribution in [2.75, 3.05) is 26.8 Å². The van der Waals surface area contributed by atoms with Crippen LogP contribution >= 0.6 is 0 Å². The largest absolute Gasteiger partial charge is 0.497 e. The number of ether oxygens (including phenoxy) is 2. The Labute approximate surface area is 137 Å². The van der Waals surface area contributed by atoms with Gasteiger partial charge in [-0.25, -0.2) is 9.97 Å². The van der Waals surface area contributed by atoms with Gasteiger partial charge in [0, 0.05) is 43.2 Å². The van der Waals surface area contributed by atoms with Crippen molar-refractivity contribution in [1.82, 2.24) is 14.9 Å². The van der Waals surface area contributed by atoms with E-state index in [-0.39, 0.29) is 0 Å². The summed E-state index contributed by atoms with van der Waals surface area (Å²) in [4.78, 5) is 11.4. The summed E-state index contributed by atoms with van der Waals surface area (Å²) >= 11 is 0. The van der Waals surface area contributed by atoms with Crippen LogP contribution in [0.5, 0.6) is 5.75 Å². The zero-order chi connectivity index (χ0) is 16.1. The van der Waals surface area contributed by atoms with Gasteiger partial charge >= 0.3 is 0 Å². The number of nitrogens with zero attached hydrogens (tertiary/aromatic N) is 3. The highest BCUT2D eigenvalue weighted by Crippen LogP contribution is 2.19. The third-order valence-corrected chi connectivity index (χ3v) is 4.14. The van der Waals surface area contributed by atoms with Crippen LogP contribution in [0.4, 0.5) is 0 Å². The molecule has 0 aliphatic carbocycles. The van der Waals surface area contributed by atoms with Gasteiger partial charge in [0.05, 0.1) is 19.8 Å². The first-order chi connectivity index (χ1) is 11.3. The van der Waals surface area contributed by atoms with Crippen LogP contribution in [0.1, 0.15) is 18.9 Å². The summed E-state index contributed by atoms with van der Waals surface area (Å²) in [6.45, 7) is 5.81. The predicted molar refractivity (Wildman–Crippen MR) is 89.3 cm³/mol. The molecule has 5 heteroatoms. The van der Waals surface area contributed by atoms with Crippen LogP contribution in [-0.4, -0.2) is 47.8 Å². The Bertz CT molecular complexity index is 613. The molecule has 1 saturated heterocycles. The number of rotatable bonds is 5. The zero-order valence-electron chi connectivity index (χ0n) is 13.7. The van der Waals surface area contributed by atoms with Crippen LogP contribution in [0.3, 0.4) is 0 Å². The molecule has 1 aromatic heterocycles. The second-order valence-electron chi connectivity index (χ2n) is 5.78. The molecule has 1 aromatic carbocycles. The van der Waals surface area contributed by atoms with Crippen molar-refractivity contribution >= 4 is 0 Å². The van der Waals surface area contributed by atoms with E-state index < -0.39 is 0 Å². The molecule has 23 heavy (non-hydrogen) atoms. The predicted octanol–water partition coefficient (Wildman–Crippen LogP) is 2.76. The molecular weight excluding hydrogens is 290 g/mol. The molecule has 0 N–H and O–H groups in total. The Hall–Kier alpha value is -1.98. The topological polar surface area (TPSA) is 47.5 Å². The summed E-state index contributed by atoms with van der Waals surface area (Å²) in [5.41, 5.74) is 2.13. The van der Waals surface area contributed by atoms with Gasteiger partial charge in [-0.2, -0.15) is 0 Å². The average Bonchev–Trinajstić information content (AvgIpc) is 2.63. The second kappa shape index (κ2) is 7.53. The first-order valence-electron chi connectivity index (χ1n) is 8.07. The van der Waals surface area contributed by atoms with Gasteiger partial charge in [-0.1, -0.05) is 6.92 Å². The minimum atomic E-state index is 0.350. The minimum absolute atomic E-state index is 0.350. The molecule has 0 spiro atoms. The molecule has 1 fully saturated rings. The fourth-order valence-electron chi connectivity index (χ4n) is 2.75. The van der Waals surface area contributed by atoms with E-state index >= 15 is 0 Å². The van der Waals surface area contributed by atoms with Gasteiger partial charge in [0.1, 0.15) is 5.75 Å². The van der Waals surface area contributed by atoms with Crippen LogP contribution in [-0.2, 0) is 11.3 Å². The van der Waals surface area contributed by atoms with Crippen LogP contribution in [0, 0.1) is 0 Å². The third kappa shape index (κ3) is 4.06. The second-order valence-corrected chi connectivity index (χ2v) is 5.78. The Morgan fingerprint density at radius 3 is 2.61 bits per heavy atom. The average molecular weight is 313 g/mol. The third-order valence-electron chi connectivity index (χ3n) is 4.14. The van der Waals surface area contributed by atoms with Gasteiger partial charge in [0.25, 0.3) is 0 Å². The first kappa shape index (κ1) is 15.9. The Morgan fingerprint density at radius 2 is 1.96 bits per heavy atom. The highest BCUT2D eigenvalue weighted by atomic mass is 16.5. The summed E-state index contributed by atoms with van der Waals surface area (Å²) in [6, 6.07) is 7.79. The Morgan fingerprint density at radius 1 is 1.22 bits per heavy atom. The molecule has 1 atom stereocenters. The Kier molecular flexibility index (Phi) is 5.20. The van der Waals surface area contributed by atoms with Crippen LogP contribution in [0.2, 0.25) is 0 Å². The van der Waals surface area contributed by atoms with Gasteiger partial charge in [-0.15, -0.1) is 0 Å². The molecule has 2 aromatic rings. The molecule has 2 heterocycles. The SMILES string of the molecule is CC[C@H]1CN(Cc2cnc(-c3ccc(OC)cc3)nc2)CCO1. The quantitative estimate of drug-likeness (QED) is 0.849. The molecule has 0 radical (unpaired) electrons. The number of hydrogen-bond acceptors (Lipinski definition) is 5. The van der Waals surface area contributed by atoms with Crippen molar-refractivity contribution in [1.29, 1.82) is 0 Å². The molecule has 0 amide bonds. The van der Waals surface area contributed by atoms with E-state index in [1.807, 2.05) is 36.7 Å². The minimum Gasteiger partial charge on any atom is -0.497 e. The fraction of sp³-hybridized carbons (Fsp3) is 0.444. The van der Waals surface area contributed by atoms with Crippen molar-refractivity contribution in [3.63, 3.8) is 0 Å². The number of benzene rings is 1. The number of hydrogen-bond donors (Lipinski definition) is 0. The molecule has 0 bridgehead atoms. The smallest absolute Gasteiger partial charge is 0.159 e. The standard InChI is InChI=1S/C18H23N3O2/c1-3-16-13-21(8-9-23-16)12-14-10-19-18(20-11-14)15-4-6-17(22-2)7-5-15/h4-7,10-11,16H,3,8-9,12-13H2,1-2H3/t16-/m0/s1. The summed E-state index contributed by atoms with van der Waals surface area (Å²) < 4.78 is 10.9. The van der Waals surface area contributed by atoms with E-state index in [1.54, 1.807) is 7.11 Å². The van der Waals surface area contributed by atoms with Crippen LogP contribution < -0.4 is 4.74 Å². The maximum absolute atomic E-state index is 5.71. The lowest BCUT2D eigenvalue weighted by Crippen LogP contribution is -2.41. The molecule has 1 aliphatic rings. The molecule has 0 saturated carbocycles. The normalized spacial score (nSPS) is 18.8. The number of methoxy groups -OCH3 is 1. The van der Waals surface area contributed by atoms with Crippen molar-refractivity contribution in [3.8, 4) is 17.1 Å². The highest BCUT2D eigenvalue weighted by Gasteiger charge is 2.19. The van der Waals surface area contributed by atoms with E-state index in [2.05, 4.69) is 21.8 Å². The summed E-state index contributed by atoms with van der Waals surface area (Å²) in [5, 5.41) is 0. The summed E-state index contributed by atoms with van der Waals surface area (Å²) in [6.07, 6.45) is 5.25. The van der Waals surface area contributed by atoms with Gasteiger partial charge in [0.2, 0.25) is 0 Å². The first-order valence-corrected chi connectivity index (χ1v) is 8.07. The van der Waals surface area contributed by atoms with E-state index in [4.69, 9.17) is 9.47 Å². The van der Waals surface area contributed by atoms with Crippen molar-refractivity contribution in [3.05, 3.63) is 42.2 Å². The monoisotopic (exact) mass is 313 g/mol. The number of morpholine rings is 1. The van der Waals surface area contributed by atoms with Crippen LogP contribution in [0.15, 0.2) is 36.7 Å². The maximum atomic E-state index is 5.71. The van der Waals surface area contributed by atoms with Gasteiger partial charge in [-0.3, -0.25) is 4.90 Å². The highest BCUT2D eigenvalue weighted by molar-refractivity contribution is 5.55. The van der Waals surface area contributed by atoms with Crippen LogP contribution in [0.25, 0.3) is 11.4 Å². The molecule has 0 unspecified atom stereocenters. The summed E-state index contributed by atoms with van der Waals surface area (Å²) in [5.74, 6) is 1.58. The number of aromatic nitrogens is 2. The molecule has 122 valence electrons. The van der Waals surface area contributed by atoms with E-state index in [1.165, 1.54) is 0 Å². The lowest BCUT2D eigenvalue weighted by Gasteiger charge is -2.32. The zero-order valence-corrected chi connectivity index (χ0v) is 13.7. The summed E-state index contributed by atoms with van der Waals surface area (Å²) in [7, 11) is 1.66. The molecule has 3 rings (SSSR count). The Balaban J connectivity index is 1.64. The molecule has 5 nitrogen and oxygen atoms in total. The van der Waals surface area contributed by atoms with Crippen molar-refractivity contribution in [2.45, 2.75) is 26.0 Å². The van der Waals surface area contributed by atoms with Gasteiger partial charge in [-0.05, 0) is 30.7 Å². The van der Waals surface area contributed by atoms with Crippen molar-refractivity contribution < 1.29 is 9.47 Å². The lowest BCUT2D eigenvalue weighted by atomic mass is 10.2. The molecule has 1 aliphatic heterocycles. The van der Waals surface area contributed by atoms with E-state index in [0.717, 1.165) is 55.4 Å².